The summed E-state index contributed by atoms with van der Waals surface area (Å²) in [5.74, 6) is -0.658. The van der Waals surface area contributed by atoms with Crippen LogP contribution in [0.1, 0.15) is 25.7 Å². The van der Waals surface area contributed by atoms with E-state index in [9.17, 15) is 9.59 Å². The molecule has 0 atom stereocenters. The molecule has 0 saturated carbocycles. The van der Waals surface area contributed by atoms with Crippen molar-refractivity contribution < 1.29 is 9.59 Å². The van der Waals surface area contributed by atoms with E-state index in [-0.39, 0.29) is 11.8 Å². The van der Waals surface area contributed by atoms with E-state index in [1.807, 2.05) is 0 Å². The number of amides is 2. The molecule has 0 aliphatic rings. The SMILES string of the molecule is C=C.NC(=O)CCCCC(N)=O. The van der Waals surface area contributed by atoms with Gasteiger partial charge in [0.1, 0.15) is 0 Å². The predicted molar refractivity (Wildman–Crippen MR) is 48.1 cm³/mol. The summed E-state index contributed by atoms with van der Waals surface area (Å²) in [5, 5.41) is 0. The molecule has 4 N–H and O–H groups in total. The minimum atomic E-state index is -0.329. The number of rotatable bonds is 5. The Bertz CT molecular complexity index is 130. The van der Waals surface area contributed by atoms with Crippen molar-refractivity contribution in [2.75, 3.05) is 0 Å². The molecule has 4 heteroatoms. The molecular formula is C8H16N2O2. The maximum absolute atomic E-state index is 10.2. The van der Waals surface area contributed by atoms with Crippen LogP contribution in [0.4, 0.5) is 0 Å². The lowest BCUT2D eigenvalue weighted by molar-refractivity contribution is -0.119. The number of unbranched alkanes of at least 4 members (excludes halogenated alkanes) is 1. The predicted octanol–water partition coefficient (Wildman–Crippen LogP) is 0.320. The molecule has 0 aliphatic carbocycles. The molecule has 70 valence electrons. The highest BCUT2D eigenvalue weighted by atomic mass is 16.1. The quantitative estimate of drug-likeness (QED) is 0.462. The zero-order valence-electron chi connectivity index (χ0n) is 7.21. The van der Waals surface area contributed by atoms with Crippen LogP contribution in [-0.2, 0) is 9.59 Å². The van der Waals surface area contributed by atoms with Crippen LogP contribution in [0.2, 0.25) is 0 Å². The van der Waals surface area contributed by atoms with Gasteiger partial charge in [-0.3, -0.25) is 9.59 Å². The topological polar surface area (TPSA) is 86.2 Å². The molecular weight excluding hydrogens is 156 g/mol. The number of hydrogen-bond donors (Lipinski definition) is 2. The van der Waals surface area contributed by atoms with Gasteiger partial charge in [0.15, 0.2) is 0 Å². The Kier molecular flexibility index (Phi) is 10.7. The van der Waals surface area contributed by atoms with E-state index >= 15 is 0 Å². The average Bonchev–Trinajstić information content (AvgIpc) is 2.02. The van der Waals surface area contributed by atoms with Gasteiger partial charge in [0.2, 0.25) is 11.8 Å². The summed E-state index contributed by atoms with van der Waals surface area (Å²) >= 11 is 0. The molecule has 0 fully saturated rings. The summed E-state index contributed by atoms with van der Waals surface area (Å²) in [6, 6.07) is 0. The molecule has 2 amide bonds. The number of carbonyl (C=O) groups excluding carboxylic acids is 2. The lowest BCUT2D eigenvalue weighted by atomic mass is 10.2. The largest absolute Gasteiger partial charge is 0.370 e. The third kappa shape index (κ3) is 15.9. The number of primary amides is 2. The van der Waals surface area contributed by atoms with Crippen LogP contribution in [0.25, 0.3) is 0 Å². The summed E-state index contributed by atoms with van der Waals surface area (Å²) in [4.78, 5) is 20.3. The third-order valence-electron chi connectivity index (χ3n) is 1.10. The van der Waals surface area contributed by atoms with Crippen LogP contribution in [0.5, 0.6) is 0 Å². The smallest absolute Gasteiger partial charge is 0.217 e. The molecule has 0 saturated heterocycles. The molecule has 0 bridgehead atoms. The van der Waals surface area contributed by atoms with E-state index in [1.54, 1.807) is 0 Å². The zero-order chi connectivity index (χ0) is 9.98. The van der Waals surface area contributed by atoms with Crippen molar-refractivity contribution in [1.29, 1.82) is 0 Å². The van der Waals surface area contributed by atoms with Gasteiger partial charge in [0, 0.05) is 12.8 Å². The fraction of sp³-hybridized carbons (Fsp3) is 0.500. The minimum Gasteiger partial charge on any atom is -0.370 e. The summed E-state index contributed by atoms with van der Waals surface area (Å²) in [6.45, 7) is 6.00. The van der Waals surface area contributed by atoms with Gasteiger partial charge in [0.05, 0.1) is 0 Å². The van der Waals surface area contributed by atoms with Crippen LogP contribution >= 0.6 is 0 Å². The van der Waals surface area contributed by atoms with Gasteiger partial charge < -0.3 is 11.5 Å². The Balaban J connectivity index is 0. The van der Waals surface area contributed by atoms with Gasteiger partial charge in [-0.2, -0.15) is 0 Å². The standard InChI is InChI=1S/C6H12N2O2.C2H4/c7-5(9)3-1-2-4-6(8)10;1-2/h1-4H2,(H2,7,9)(H2,8,10);1-2H2. The van der Waals surface area contributed by atoms with Crippen molar-refractivity contribution in [1.82, 2.24) is 0 Å². The van der Waals surface area contributed by atoms with Crippen LogP contribution < -0.4 is 11.5 Å². The fourth-order valence-corrected chi connectivity index (χ4v) is 0.598. The van der Waals surface area contributed by atoms with Crippen molar-refractivity contribution in [2.24, 2.45) is 11.5 Å². The van der Waals surface area contributed by atoms with Gasteiger partial charge in [-0.25, -0.2) is 0 Å². The van der Waals surface area contributed by atoms with E-state index in [0.29, 0.717) is 25.7 Å². The molecule has 0 unspecified atom stereocenters. The normalized spacial score (nSPS) is 8.00. The molecule has 0 spiro atoms. The second-order valence-corrected chi connectivity index (χ2v) is 2.14. The van der Waals surface area contributed by atoms with Crippen molar-refractivity contribution in [2.45, 2.75) is 25.7 Å². The zero-order valence-corrected chi connectivity index (χ0v) is 7.21. The van der Waals surface area contributed by atoms with Crippen LogP contribution in [0.3, 0.4) is 0 Å². The molecule has 0 aromatic heterocycles. The van der Waals surface area contributed by atoms with Crippen molar-refractivity contribution in [3.8, 4) is 0 Å². The monoisotopic (exact) mass is 172 g/mol. The first-order valence-electron chi connectivity index (χ1n) is 3.69. The minimum absolute atomic E-state index is 0.329. The van der Waals surface area contributed by atoms with Crippen molar-refractivity contribution in [3.63, 3.8) is 0 Å². The lowest BCUT2D eigenvalue weighted by Gasteiger charge is -1.93. The molecule has 0 aliphatic heterocycles. The maximum Gasteiger partial charge on any atom is 0.217 e. The summed E-state index contributed by atoms with van der Waals surface area (Å²) < 4.78 is 0. The van der Waals surface area contributed by atoms with Crippen molar-refractivity contribution >= 4 is 11.8 Å². The first kappa shape index (κ1) is 13.3. The highest BCUT2D eigenvalue weighted by Gasteiger charge is 1.96. The Labute approximate surface area is 72.6 Å². The van der Waals surface area contributed by atoms with E-state index in [1.165, 1.54) is 0 Å². The lowest BCUT2D eigenvalue weighted by Crippen LogP contribution is -2.12. The highest BCUT2D eigenvalue weighted by molar-refractivity contribution is 5.74. The Morgan fingerprint density at radius 2 is 1.17 bits per heavy atom. The van der Waals surface area contributed by atoms with Crippen LogP contribution in [0.15, 0.2) is 13.2 Å². The number of nitrogens with two attached hydrogens (primary N) is 2. The molecule has 0 heterocycles. The average molecular weight is 172 g/mol. The molecule has 0 aromatic rings. The van der Waals surface area contributed by atoms with Gasteiger partial charge in [0.25, 0.3) is 0 Å². The van der Waals surface area contributed by atoms with Gasteiger partial charge >= 0.3 is 0 Å². The van der Waals surface area contributed by atoms with Gasteiger partial charge in [-0.05, 0) is 12.8 Å². The molecule has 4 nitrogen and oxygen atoms in total. The van der Waals surface area contributed by atoms with Crippen molar-refractivity contribution in [3.05, 3.63) is 13.2 Å². The first-order chi connectivity index (χ1) is 5.63. The summed E-state index contributed by atoms with van der Waals surface area (Å²) in [5.41, 5.74) is 9.71. The number of carbonyl (C=O) groups is 2. The maximum atomic E-state index is 10.2. The Hall–Kier alpha value is -1.32. The highest BCUT2D eigenvalue weighted by Crippen LogP contribution is 1.97. The van der Waals surface area contributed by atoms with E-state index in [2.05, 4.69) is 13.2 Å². The summed E-state index contributed by atoms with van der Waals surface area (Å²) in [7, 11) is 0. The molecule has 0 aromatic carbocycles. The summed E-state index contributed by atoms with van der Waals surface area (Å²) in [6.07, 6.45) is 1.98. The molecule has 0 rings (SSSR count). The van der Waals surface area contributed by atoms with E-state index in [4.69, 9.17) is 11.5 Å². The Morgan fingerprint density at radius 3 is 1.33 bits per heavy atom. The van der Waals surface area contributed by atoms with Crippen LogP contribution in [0, 0.1) is 0 Å². The molecule has 0 radical (unpaired) electrons. The second kappa shape index (κ2) is 9.68. The fourth-order valence-electron chi connectivity index (χ4n) is 0.598. The van der Waals surface area contributed by atoms with Crippen LogP contribution in [-0.4, -0.2) is 11.8 Å². The second-order valence-electron chi connectivity index (χ2n) is 2.14. The van der Waals surface area contributed by atoms with Gasteiger partial charge in [-0.15, -0.1) is 13.2 Å². The molecule has 12 heavy (non-hydrogen) atoms. The third-order valence-corrected chi connectivity index (χ3v) is 1.10. The Morgan fingerprint density at radius 1 is 0.917 bits per heavy atom. The van der Waals surface area contributed by atoms with Gasteiger partial charge in [-0.1, -0.05) is 0 Å². The first-order valence-corrected chi connectivity index (χ1v) is 3.69. The number of hydrogen-bond acceptors (Lipinski definition) is 2. The van der Waals surface area contributed by atoms with E-state index in [0.717, 1.165) is 0 Å². The van der Waals surface area contributed by atoms with E-state index < -0.39 is 0 Å².